The van der Waals surface area contributed by atoms with Crippen LogP contribution in [0.3, 0.4) is 0 Å². The van der Waals surface area contributed by atoms with Crippen LogP contribution in [0.2, 0.25) is 0 Å². The molecule has 20 heavy (non-hydrogen) atoms. The summed E-state index contributed by atoms with van der Waals surface area (Å²) in [6.45, 7) is 3.60. The van der Waals surface area contributed by atoms with Crippen LogP contribution < -0.4 is 0 Å². The van der Waals surface area contributed by atoms with Gasteiger partial charge in [0.25, 0.3) is 0 Å². The Bertz CT molecular complexity index is 414. The van der Waals surface area contributed by atoms with E-state index in [1.165, 1.54) is 25.7 Å². The lowest BCUT2D eigenvalue weighted by atomic mass is 9.66. The van der Waals surface area contributed by atoms with Crippen LogP contribution in [0.25, 0.3) is 0 Å². The van der Waals surface area contributed by atoms with Crippen LogP contribution in [0.4, 0.5) is 0 Å². The highest BCUT2D eigenvalue weighted by Gasteiger charge is 2.66. The summed E-state index contributed by atoms with van der Waals surface area (Å²) in [4.78, 5) is 12.4. The van der Waals surface area contributed by atoms with E-state index in [9.17, 15) is 4.79 Å². The number of Topliss-reactive ketones (excluding diaryl/α,β-unsaturated/α-hetero) is 1. The van der Waals surface area contributed by atoms with E-state index in [0.29, 0.717) is 6.61 Å². The minimum absolute atomic E-state index is 0.0646. The van der Waals surface area contributed by atoms with Gasteiger partial charge in [0.1, 0.15) is 0 Å². The quantitative estimate of drug-likeness (QED) is 0.524. The van der Waals surface area contributed by atoms with Crippen molar-refractivity contribution in [1.29, 1.82) is 0 Å². The molecular weight excluding hydrogens is 320 g/mol. The number of hydrogen-bond donors (Lipinski definition) is 0. The average Bonchev–Trinajstić information content (AvgIpc) is 3.22. The Hall–Kier alpha value is -0.190. The van der Waals surface area contributed by atoms with Crippen molar-refractivity contribution in [2.75, 3.05) is 13.2 Å². The predicted octanol–water partition coefficient (Wildman–Crippen LogP) is 3.61. The number of ether oxygens (including phenoxy) is 2. The van der Waals surface area contributed by atoms with Gasteiger partial charge < -0.3 is 9.47 Å². The Labute approximate surface area is 129 Å². The molecule has 3 nitrogen and oxygen atoms in total. The van der Waals surface area contributed by atoms with Gasteiger partial charge >= 0.3 is 0 Å². The standard InChI is InChI=1S/C16H23BrO3/c1-2-3-4-5-6-7-19-14-9-12-13(17)8-11(14)15(18)16(12)10-20-16/h8,11-12,14H,2-7,9-10H2,1H3/t11?,12?,14?,16-/m0/s1. The highest BCUT2D eigenvalue weighted by Crippen LogP contribution is 2.55. The van der Waals surface area contributed by atoms with Crippen molar-refractivity contribution in [2.45, 2.75) is 57.2 Å². The van der Waals surface area contributed by atoms with Crippen LogP contribution >= 0.6 is 15.9 Å². The molecule has 1 saturated carbocycles. The molecule has 4 atom stereocenters. The summed E-state index contributed by atoms with van der Waals surface area (Å²) in [5.41, 5.74) is -0.487. The summed E-state index contributed by atoms with van der Waals surface area (Å²) in [5.74, 6) is 0.325. The second-order valence-electron chi connectivity index (χ2n) is 6.23. The first-order valence-electron chi connectivity index (χ1n) is 7.86. The molecule has 4 heteroatoms. The molecule has 0 amide bonds. The van der Waals surface area contributed by atoms with Gasteiger partial charge in [-0.25, -0.2) is 0 Å². The fourth-order valence-electron chi connectivity index (χ4n) is 3.53. The zero-order valence-corrected chi connectivity index (χ0v) is 13.7. The molecule has 4 rings (SSSR count). The molecule has 3 aliphatic carbocycles. The smallest absolute Gasteiger partial charge is 0.177 e. The molecule has 0 aromatic heterocycles. The predicted molar refractivity (Wildman–Crippen MR) is 80.8 cm³/mol. The zero-order valence-electron chi connectivity index (χ0n) is 12.1. The molecule has 3 unspecified atom stereocenters. The number of epoxide rings is 1. The number of carbonyl (C=O) groups excluding carboxylic acids is 1. The third-order valence-corrected chi connectivity index (χ3v) is 5.68. The number of hydrogen-bond acceptors (Lipinski definition) is 3. The summed E-state index contributed by atoms with van der Waals surface area (Å²) in [6.07, 6.45) is 9.23. The van der Waals surface area contributed by atoms with Crippen molar-refractivity contribution in [3.8, 4) is 0 Å². The number of rotatable bonds is 7. The minimum atomic E-state index is -0.487. The SMILES string of the molecule is CCCCCCCOC1CC2C(Br)=CC1C(=O)[C@]21CO1. The monoisotopic (exact) mass is 342 g/mol. The molecule has 4 aliphatic rings. The van der Waals surface area contributed by atoms with E-state index in [4.69, 9.17) is 9.47 Å². The van der Waals surface area contributed by atoms with Crippen LogP contribution in [-0.2, 0) is 14.3 Å². The molecule has 1 aliphatic heterocycles. The average molecular weight is 343 g/mol. The zero-order chi connectivity index (χ0) is 14.2. The van der Waals surface area contributed by atoms with Gasteiger partial charge in [0.15, 0.2) is 11.4 Å². The van der Waals surface area contributed by atoms with Gasteiger partial charge in [-0.05, 0) is 17.3 Å². The third-order valence-electron chi connectivity index (χ3n) is 4.86. The lowest BCUT2D eigenvalue weighted by molar-refractivity contribution is -0.140. The summed E-state index contributed by atoms with van der Waals surface area (Å²) in [7, 11) is 0. The van der Waals surface area contributed by atoms with Crippen LogP contribution in [-0.4, -0.2) is 30.7 Å². The third kappa shape index (κ3) is 2.51. The van der Waals surface area contributed by atoms with Crippen molar-refractivity contribution >= 4 is 21.7 Å². The highest BCUT2D eigenvalue weighted by molar-refractivity contribution is 9.11. The Balaban J connectivity index is 1.50. The van der Waals surface area contributed by atoms with E-state index in [-0.39, 0.29) is 23.7 Å². The molecule has 0 radical (unpaired) electrons. The number of fused-ring (bicyclic) bond motifs is 1. The topological polar surface area (TPSA) is 38.8 Å². The van der Waals surface area contributed by atoms with Crippen LogP contribution in [0.15, 0.2) is 10.6 Å². The van der Waals surface area contributed by atoms with E-state index in [1.807, 2.05) is 6.08 Å². The largest absolute Gasteiger partial charge is 0.377 e. The first kappa shape index (κ1) is 14.7. The van der Waals surface area contributed by atoms with Gasteiger partial charge in [-0.15, -0.1) is 0 Å². The van der Waals surface area contributed by atoms with Gasteiger partial charge in [0.05, 0.1) is 18.6 Å². The number of ketones is 1. The van der Waals surface area contributed by atoms with Gasteiger partial charge in [-0.2, -0.15) is 0 Å². The van der Waals surface area contributed by atoms with Gasteiger partial charge in [-0.3, -0.25) is 4.79 Å². The molecule has 2 bridgehead atoms. The molecule has 0 N–H and O–H groups in total. The second kappa shape index (κ2) is 5.90. The highest BCUT2D eigenvalue weighted by atomic mass is 79.9. The van der Waals surface area contributed by atoms with E-state index in [2.05, 4.69) is 22.9 Å². The molecule has 1 saturated heterocycles. The molecule has 2 fully saturated rings. The van der Waals surface area contributed by atoms with Gasteiger partial charge in [0, 0.05) is 12.5 Å². The second-order valence-corrected chi connectivity index (χ2v) is 7.15. The Morgan fingerprint density at radius 1 is 1.40 bits per heavy atom. The fourth-order valence-corrected chi connectivity index (χ4v) is 4.37. The molecule has 112 valence electrons. The molecule has 1 heterocycles. The van der Waals surface area contributed by atoms with E-state index < -0.39 is 5.60 Å². The molecule has 0 aromatic rings. The number of halogens is 1. The molecule has 0 aromatic carbocycles. The molecule has 1 spiro atoms. The lowest BCUT2D eigenvalue weighted by Gasteiger charge is -2.42. The molecular formula is C16H23BrO3. The number of carbonyl (C=O) groups is 1. The maximum Gasteiger partial charge on any atom is 0.177 e. The summed E-state index contributed by atoms with van der Waals surface area (Å²) in [6, 6.07) is 0. The van der Waals surface area contributed by atoms with Crippen LogP contribution in [0.1, 0.15) is 45.4 Å². The fraction of sp³-hybridized carbons (Fsp3) is 0.812. The van der Waals surface area contributed by atoms with Gasteiger partial charge in [-0.1, -0.05) is 54.6 Å². The van der Waals surface area contributed by atoms with E-state index in [1.54, 1.807) is 0 Å². The van der Waals surface area contributed by atoms with Crippen molar-refractivity contribution < 1.29 is 14.3 Å². The van der Waals surface area contributed by atoms with Crippen LogP contribution in [0.5, 0.6) is 0 Å². The van der Waals surface area contributed by atoms with Crippen molar-refractivity contribution in [1.82, 2.24) is 0 Å². The Kier molecular flexibility index (Phi) is 4.34. The summed E-state index contributed by atoms with van der Waals surface area (Å²) >= 11 is 3.60. The first-order chi connectivity index (χ1) is 9.69. The Morgan fingerprint density at radius 2 is 2.15 bits per heavy atom. The van der Waals surface area contributed by atoms with E-state index >= 15 is 0 Å². The summed E-state index contributed by atoms with van der Waals surface area (Å²) < 4.78 is 12.6. The van der Waals surface area contributed by atoms with Crippen molar-refractivity contribution in [3.05, 3.63) is 10.6 Å². The normalized spacial score (nSPS) is 38.4. The maximum absolute atomic E-state index is 12.4. The van der Waals surface area contributed by atoms with Gasteiger partial charge in [0.2, 0.25) is 0 Å². The van der Waals surface area contributed by atoms with E-state index in [0.717, 1.165) is 23.9 Å². The maximum atomic E-state index is 12.4. The van der Waals surface area contributed by atoms with Crippen molar-refractivity contribution in [2.24, 2.45) is 11.8 Å². The first-order valence-corrected chi connectivity index (χ1v) is 8.65. The summed E-state index contributed by atoms with van der Waals surface area (Å²) in [5, 5.41) is 0. The van der Waals surface area contributed by atoms with Crippen LogP contribution in [0, 0.1) is 11.8 Å². The number of unbranched alkanes of at least 4 members (excludes halogenated alkanes) is 4. The minimum Gasteiger partial charge on any atom is -0.377 e. The Morgan fingerprint density at radius 3 is 2.85 bits per heavy atom. The van der Waals surface area contributed by atoms with Crippen molar-refractivity contribution in [3.63, 3.8) is 0 Å². The lowest BCUT2D eigenvalue weighted by Crippen LogP contribution is -2.53.